The van der Waals surface area contributed by atoms with E-state index in [0.29, 0.717) is 40.9 Å². The van der Waals surface area contributed by atoms with Gasteiger partial charge in [-0.1, -0.05) is 18.2 Å². The number of nitrogens with zero attached hydrogens (tertiary/aromatic N) is 3. The highest BCUT2D eigenvalue weighted by molar-refractivity contribution is 6.00. The number of carboxylic acids is 1. The van der Waals surface area contributed by atoms with Crippen molar-refractivity contribution in [3.63, 3.8) is 0 Å². The number of carboxylic acid groups (broad SMARTS) is 1. The lowest BCUT2D eigenvalue weighted by Gasteiger charge is -2.30. The van der Waals surface area contributed by atoms with E-state index in [1.165, 1.54) is 32.3 Å². The molecule has 1 fully saturated rings. The van der Waals surface area contributed by atoms with Crippen molar-refractivity contribution in [1.29, 1.82) is 0 Å². The topological polar surface area (TPSA) is 114 Å². The van der Waals surface area contributed by atoms with Crippen LogP contribution in [-0.2, 0) is 29.2 Å². The summed E-state index contributed by atoms with van der Waals surface area (Å²) in [6, 6.07) is 9.36. The average Bonchev–Trinajstić information content (AvgIpc) is 2.99. The van der Waals surface area contributed by atoms with Crippen LogP contribution in [0.1, 0.15) is 38.3 Å². The number of carbonyl (C=O) groups is 2. The van der Waals surface area contributed by atoms with Crippen molar-refractivity contribution in [2.45, 2.75) is 39.4 Å². The number of ether oxygens (including phenoxy) is 1. The number of hydrogen-bond donors (Lipinski definition) is 2. The van der Waals surface area contributed by atoms with Crippen LogP contribution in [0.5, 0.6) is 0 Å². The van der Waals surface area contributed by atoms with Gasteiger partial charge in [0, 0.05) is 60.6 Å². The zero-order chi connectivity index (χ0) is 32.6. The normalized spacial score (nSPS) is 14.4. The van der Waals surface area contributed by atoms with Crippen molar-refractivity contribution >= 4 is 28.5 Å². The minimum absolute atomic E-state index is 0.0233. The van der Waals surface area contributed by atoms with E-state index >= 15 is 0 Å². The Morgan fingerprint density at radius 3 is 2.36 bits per heavy atom. The molecule has 5 rings (SSSR count). The fraction of sp³-hybridized carbons (Fsp3) is 0.333. The Morgan fingerprint density at radius 2 is 1.73 bits per heavy atom. The number of alkyl halides is 3. The molecule has 0 saturated carbocycles. The highest BCUT2D eigenvalue weighted by Crippen LogP contribution is 2.38. The number of anilines is 1. The molecule has 12 heteroatoms. The molecule has 0 spiro atoms. The van der Waals surface area contributed by atoms with Crippen molar-refractivity contribution in [1.82, 2.24) is 14.9 Å². The summed E-state index contributed by atoms with van der Waals surface area (Å²) in [5, 5.41) is 13.1. The molecule has 45 heavy (non-hydrogen) atoms. The van der Waals surface area contributed by atoms with E-state index in [-0.39, 0.29) is 23.2 Å². The van der Waals surface area contributed by atoms with E-state index in [1.54, 1.807) is 26.0 Å². The molecule has 1 amide bonds. The number of rotatable bonds is 7. The molecule has 1 aliphatic rings. The summed E-state index contributed by atoms with van der Waals surface area (Å²) in [4.78, 5) is 45.5. The second kappa shape index (κ2) is 12.4. The number of aromatic nitrogens is 2. The van der Waals surface area contributed by atoms with Crippen LogP contribution in [0, 0.1) is 20.8 Å². The van der Waals surface area contributed by atoms with Crippen LogP contribution in [0.2, 0.25) is 0 Å². The third-order valence-corrected chi connectivity index (χ3v) is 8.25. The number of benzene rings is 2. The second-order valence-corrected chi connectivity index (χ2v) is 11.2. The van der Waals surface area contributed by atoms with Crippen molar-refractivity contribution in [3.05, 3.63) is 92.5 Å². The van der Waals surface area contributed by atoms with Gasteiger partial charge in [0.2, 0.25) is 0 Å². The minimum Gasteiger partial charge on any atom is -0.480 e. The predicted molar refractivity (Wildman–Crippen MR) is 164 cm³/mol. The highest BCUT2D eigenvalue weighted by atomic mass is 19.4. The molecule has 236 valence electrons. The molecule has 0 radical (unpaired) electrons. The lowest BCUT2D eigenvalue weighted by molar-refractivity contribution is -0.139. The number of carbonyl (C=O) groups excluding carboxylic acids is 1. The third kappa shape index (κ3) is 6.28. The van der Waals surface area contributed by atoms with Crippen LogP contribution in [0.3, 0.4) is 0 Å². The first-order chi connectivity index (χ1) is 21.3. The number of halogens is 3. The Hall–Kier alpha value is -4.71. The molecule has 1 atom stereocenters. The van der Waals surface area contributed by atoms with Gasteiger partial charge in [-0.3, -0.25) is 14.6 Å². The predicted octanol–water partition coefficient (Wildman–Crippen LogP) is 4.81. The van der Waals surface area contributed by atoms with Gasteiger partial charge in [-0.15, -0.1) is 0 Å². The van der Waals surface area contributed by atoms with E-state index in [4.69, 9.17) is 4.74 Å². The standard InChI is InChI=1S/C33H33F3N4O5/c1-18-14-22(40-10-12-45-13-11-40)15-19(2)27(18)30(41)38-26(32(43)44)17-21-7-8-24(29-23(21)6-5-9-37-29)28-25(33(34,35)36)16-20(3)39(4)31(28)42/h5-9,14-16,26H,10-13,17H2,1-4H3,(H,38,41)(H,43,44)/t26-/m0/s1. The first kappa shape index (κ1) is 31.7. The Morgan fingerprint density at radius 1 is 1.07 bits per heavy atom. The molecule has 9 nitrogen and oxygen atoms in total. The number of nitrogens with one attached hydrogen (secondary N) is 1. The van der Waals surface area contributed by atoms with Gasteiger partial charge in [0.05, 0.1) is 29.9 Å². The van der Waals surface area contributed by atoms with E-state index in [9.17, 15) is 32.7 Å². The fourth-order valence-corrected chi connectivity index (χ4v) is 5.87. The van der Waals surface area contributed by atoms with Crippen molar-refractivity contribution in [3.8, 4) is 11.1 Å². The number of fused-ring (bicyclic) bond motifs is 1. The van der Waals surface area contributed by atoms with Gasteiger partial charge in [0.15, 0.2) is 0 Å². The summed E-state index contributed by atoms with van der Waals surface area (Å²) >= 11 is 0. The third-order valence-electron chi connectivity index (χ3n) is 8.25. The molecule has 1 aliphatic heterocycles. The van der Waals surface area contributed by atoms with E-state index in [0.717, 1.165) is 29.4 Å². The Labute approximate surface area is 257 Å². The minimum atomic E-state index is -4.80. The van der Waals surface area contributed by atoms with Gasteiger partial charge in [-0.25, -0.2) is 4.79 Å². The molecule has 0 bridgehead atoms. The largest absolute Gasteiger partial charge is 0.480 e. The number of hydrogen-bond acceptors (Lipinski definition) is 6. The summed E-state index contributed by atoms with van der Waals surface area (Å²) in [5.74, 6) is -1.83. The second-order valence-electron chi connectivity index (χ2n) is 11.2. The van der Waals surface area contributed by atoms with Crippen molar-refractivity contribution in [2.75, 3.05) is 31.2 Å². The number of aryl methyl sites for hydroxylation is 3. The number of amides is 1. The van der Waals surface area contributed by atoms with Gasteiger partial charge in [-0.05, 0) is 61.7 Å². The Kier molecular flexibility index (Phi) is 8.70. The molecule has 2 N–H and O–H groups in total. The first-order valence-corrected chi connectivity index (χ1v) is 14.4. The maximum Gasteiger partial charge on any atom is 0.417 e. The molecule has 0 aliphatic carbocycles. The molecular weight excluding hydrogens is 589 g/mol. The van der Waals surface area contributed by atoms with E-state index in [1.807, 2.05) is 12.1 Å². The lowest BCUT2D eigenvalue weighted by atomic mass is 9.93. The van der Waals surface area contributed by atoms with Crippen molar-refractivity contribution < 1.29 is 32.6 Å². The summed E-state index contributed by atoms with van der Waals surface area (Å²) in [5.41, 5.74) is 0.925. The van der Waals surface area contributed by atoms with Gasteiger partial charge < -0.3 is 24.6 Å². The fourth-order valence-electron chi connectivity index (χ4n) is 5.87. The van der Waals surface area contributed by atoms with Gasteiger partial charge in [-0.2, -0.15) is 13.2 Å². The van der Waals surface area contributed by atoms with Crippen LogP contribution in [-0.4, -0.2) is 58.9 Å². The maximum atomic E-state index is 14.1. The summed E-state index contributed by atoms with van der Waals surface area (Å²) in [6.07, 6.45) is -3.59. The van der Waals surface area contributed by atoms with Crippen LogP contribution in [0.15, 0.2) is 53.5 Å². The molecular formula is C33H33F3N4O5. The van der Waals surface area contributed by atoms with Gasteiger partial charge >= 0.3 is 12.1 Å². The number of pyridine rings is 2. The lowest BCUT2D eigenvalue weighted by Crippen LogP contribution is -2.43. The summed E-state index contributed by atoms with van der Waals surface area (Å²) in [6.45, 7) is 7.68. The van der Waals surface area contributed by atoms with Crippen LogP contribution in [0.25, 0.3) is 22.0 Å². The monoisotopic (exact) mass is 622 g/mol. The zero-order valence-electron chi connectivity index (χ0n) is 25.3. The maximum absolute atomic E-state index is 14.1. The van der Waals surface area contributed by atoms with E-state index < -0.39 is 40.8 Å². The van der Waals surface area contributed by atoms with Gasteiger partial charge in [0.1, 0.15) is 6.04 Å². The molecule has 0 unspecified atom stereocenters. The van der Waals surface area contributed by atoms with Crippen LogP contribution < -0.4 is 15.8 Å². The van der Waals surface area contributed by atoms with Crippen LogP contribution >= 0.6 is 0 Å². The highest BCUT2D eigenvalue weighted by Gasteiger charge is 2.37. The SMILES string of the molecule is Cc1cc(N2CCOCC2)cc(C)c1C(=O)N[C@@H](Cc1ccc(-c2c(C(F)(F)F)cc(C)n(C)c2=O)c2ncccc12)C(=O)O. The Balaban J connectivity index is 1.50. The first-order valence-electron chi connectivity index (χ1n) is 14.4. The number of morpholine rings is 1. The molecule has 4 aromatic rings. The van der Waals surface area contributed by atoms with E-state index in [2.05, 4.69) is 15.2 Å². The van der Waals surface area contributed by atoms with Crippen LogP contribution in [0.4, 0.5) is 18.9 Å². The van der Waals surface area contributed by atoms with Gasteiger partial charge in [0.25, 0.3) is 11.5 Å². The Bertz CT molecular complexity index is 1840. The van der Waals surface area contributed by atoms with Crippen molar-refractivity contribution in [2.24, 2.45) is 7.05 Å². The molecule has 2 aromatic carbocycles. The quantitative estimate of drug-likeness (QED) is 0.304. The summed E-state index contributed by atoms with van der Waals surface area (Å²) < 4.78 is 48.9. The zero-order valence-corrected chi connectivity index (χ0v) is 25.3. The molecule has 3 heterocycles. The smallest absolute Gasteiger partial charge is 0.417 e. The average molecular weight is 623 g/mol. The molecule has 2 aromatic heterocycles. The molecule has 1 saturated heterocycles. The number of aliphatic carboxylic acids is 1. The summed E-state index contributed by atoms with van der Waals surface area (Å²) in [7, 11) is 1.39.